The van der Waals surface area contributed by atoms with E-state index >= 15 is 0 Å². The number of amides is 3. The molecular weight excluding hydrogens is 540 g/mol. The zero-order valence-corrected chi connectivity index (χ0v) is 25.2. The maximum atomic E-state index is 13.9. The van der Waals surface area contributed by atoms with E-state index in [1.807, 2.05) is 42.5 Å². The fourth-order valence-electron chi connectivity index (χ4n) is 4.91. The van der Waals surface area contributed by atoms with Gasteiger partial charge in [0.15, 0.2) is 0 Å². The molecule has 12 heteroatoms. The lowest BCUT2D eigenvalue weighted by atomic mass is 9.85. The summed E-state index contributed by atoms with van der Waals surface area (Å²) < 4.78 is 10.3. The molecule has 42 heavy (non-hydrogen) atoms. The number of hydrogen-bond acceptors (Lipinski definition) is 7. The summed E-state index contributed by atoms with van der Waals surface area (Å²) in [6.07, 6.45) is -0.563. The molecule has 4 atom stereocenters. The number of rotatable bonds is 8. The second-order valence-electron chi connectivity index (χ2n) is 12.5. The highest BCUT2D eigenvalue weighted by molar-refractivity contribution is 5.94. The number of alkyl carbamates (subject to hydrolysis) is 1. The first-order valence-corrected chi connectivity index (χ1v) is 13.8. The molecule has 2 N–H and O–H groups in total. The average molecular weight is 581 g/mol. The first-order chi connectivity index (χ1) is 19.6. The van der Waals surface area contributed by atoms with Crippen molar-refractivity contribution in [3.05, 3.63) is 58.5 Å². The van der Waals surface area contributed by atoms with Gasteiger partial charge in [0, 0.05) is 17.9 Å². The van der Waals surface area contributed by atoms with Crippen LogP contribution in [-0.2, 0) is 30.3 Å². The van der Waals surface area contributed by atoms with Crippen molar-refractivity contribution in [1.82, 2.24) is 15.5 Å². The van der Waals surface area contributed by atoms with E-state index in [1.54, 1.807) is 41.5 Å². The van der Waals surface area contributed by atoms with Crippen LogP contribution in [-0.4, -0.2) is 72.2 Å². The fraction of sp³-hybridized carbons (Fsp3) is 0.533. The minimum atomic E-state index is -1.05. The van der Waals surface area contributed by atoms with E-state index in [0.29, 0.717) is 0 Å². The number of benzene rings is 2. The Bertz CT molecular complexity index is 1370. The number of methoxy groups -OCH3 is 1. The molecule has 1 saturated heterocycles. The third-order valence-electron chi connectivity index (χ3n) is 6.91. The summed E-state index contributed by atoms with van der Waals surface area (Å²) in [6.45, 7) is 10.4. The van der Waals surface area contributed by atoms with Crippen LogP contribution in [0.15, 0.2) is 47.6 Å². The summed E-state index contributed by atoms with van der Waals surface area (Å²) in [5, 5.41) is 11.2. The van der Waals surface area contributed by atoms with Gasteiger partial charge in [0.1, 0.15) is 23.7 Å². The van der Waals surface area contributed by atoms with Crippen LogP contribution >= 0.6 is 0 Å². The van der Waals surface area contributed by atoms with Gasteiger partial charge in [-0.15, -0.1) is 0 Å². The van der Waals surface area contributed by atoms with Gasteiger partial charge in [-0.05, 0) is 54.5 Å². The molecule has 12 nitrogen and oxygen atoms in total. The van der Waals surface area contributed by atoms with E-state index in [-0.39, 0.29) is 19.4 Å². The van der Waals surface area contributed by atoms with Crippen LogP contribution in [0.25, 0.3) is 21.2 Å². The van der Waals surface area contributed by atoms with E-state index in [4.69, 9.17) is 15.0 Å². The van der Waals surface area contributed by atoms with Gasteiger partial charge < -0.3 is 25.0 Å². The van der Waals surface area contributed by atoms with Crippen molar-refractivity contribution >= 4 is 34.6 Å². The standard InChI is InChI=1S/C30H40N6O6/c1-29(2,3)24(33-28(40)42-30(4,5)6)26(38)36-17-21(34-35-31)16-23(36)25(37)32-22(27(39)41-7)15-18-12-13-19-10-8-9-11-20(19)14-18/h8-14,21-24H,15-17H2,1-7H3,(H,32,37)(H,33,40)/t21-,22-,23-,24+/m0/s1. The molecule has 0 spiro atoms. The molecule has 0 saturated carbocycles. The van der Waals surface area contributed by atoms with Crippen LogP contribution in [0.1, 0.15) is 53.5 Å². The molecule has 1 heterocycles. The number of azide groups is 1. The molecule has 226 valence electrons. The maximum absolute atomic E-state index is 13.9. The van der Waals surface area contributed by atoms with Crippen molar-refractivity contribution in [2.24, 2.45) is 10.5 Å². The first kappa shape index (κ1) is 32.2. The highest BCUT2D eigenvalue weighted by Gasteiger charge is 2.45. The second kappa shape index (κ2) is 13.1. The van der Waals surface area contributed by atoms with Crippen LogP contribution < -0.4 is 10.6 Å². The number of esters is 1. The predicted octanol–water partition coefficient (Wildman–Crippen LogP) is 4.26. The van der Waals surface area contributed by atoms with E-state index in [0.717, 1.165) is 16.3 Å². The lowest BCUT2D eigenvalue weighted by Gasteiger charge is -2.36. The van der Waals surface area contributed by atoms with Gasteiger partial charge in [0.2, 0.25) is 11.8 Å². The van der Waals surface area contributed by atoms with Crippen molar-refractivity contribution in [1.29, 1.82) is 0 Å². The van der Waals surface area contributed by atoms with Crippen LogP contribution in [0.3, 0.4) is 0 Å². The largest absolute Gasteiger partial charge is 0.467 e. The van der Waals surface area contributed by atoms with E-state index in [1.165, 1.54) is 12.0 Å². The molecule has 0 aliphatic carbocycles. The first-order valence-electron chi connectivity index (χ1n) is 13.8. The van der Waals surface area contributed by atoms with Crippen LogP contribution in [0.4, 0.5) is 4.79 Å². The molecule has 2 aromatic rings. The molecule has 2 aromatic carbocycles. The lowest BCUT2D eigenvalue weighted by Crippen LogP contribution is -2.59. The molecule has 1 aliphatic rings. The SMILES string of the molecule is COC(=O)[C@H](Cc1ccc2ccccc2c1)NC(=O)[C@@H]1C[C@H](N=[N+]=[N-])CN1C(=O)[C@@H](NC(=O)OC(C)(C)C)C(C)(C)C. The molecule has 3 amide bonds. The minimum absolute atomic E-state index is 0.0306. The molecule has 0 aromatic heterocycles. The highest BCUT2D eigenvalue weighted by Crippen LogP contribution is 2.28. The molecule has 1 aliphatic heterocycles. The summed E-state index contributed by atoms with van der Waals surface area (Å²) in [6, 6.07) is 9.74. The van der Waals surface area contributed by atoms with E-state index in [2.05, 4.69) is 20.7 Å². The van der Waals surface area contributed by atoms with Gasteiger partial charge in [0.05, 0.1) is 13.2 Å². The molecule has 3 rings (SSSR count). The Hall–Kier alpha value is -4.31. The number of nitrogens with one attached hydrogen (secondary N) is 2. The van der Waals surface area contributed by atoms with E-state index in [9.17, 15) is 19.2 Å². The number of fused-ring (bicyclic) bond motifs is 1. The zero-order valence-electron chi connectivity index (χ0n) is 25.2. The monoisotopic (exact) mass is 580 g/mol. The summed E-state index contributed by atoms with van der Waals surface area (Å²) in [7, 11) is 1.24. The van der Waals surface area contributed by atoms with Gasteiger partial charge >= 0.3 is 12.1 Å². The van der Waals surface area contributed by atoms with Gasteiger partial charge in [-0.2, -0.15) is 0 Å². The lowest BCUT2D eigenvalue weighted by molar-refractivity contribution is -0.147. The van der Waals surface area contributed by atoms with Crippen LogP contribution in [0.5, 0.6) is 0 Å². The molecule has 0 bridgehead atoms. The second-order valence-corrected chi connectivity index (χ2v) is 12.5. The maximum Gasteiger partial charge on any atom is 0.408 e. The quantitative estimate of drug-likeness (QED) is 0.205. The summed E-state index contributed by atoms with van der Waals surface area (Å²) in [4.78, 5) is 57.1. The smallest absolute Gasteiger partial charge is 0.408 e. The van der Waals surface area contributed by atoms with Gasteiger partial charge in [-0.3, -0.25) is 9.59 Å². The molecule has 1 fully saturated rings. The third kappa shape index (κ3) is 8.36. The number of likely N-dealkylation sites (tertiary alicyclic amines) is 1. The predicted molar refractivity (Wildman–Crippen MR) is 157 cm³/mol. The zero-order chi connectivity index (χ0) is 31.2. The highest BCUT2D eigenvalue weighted by atomic mass is 16.6. The van der Waals surface area contributed by atoms with Crippen molar-refractivity contribution in [3.8, 4) is 0 Å². The van der Waals surface area contributed by atoms with Crippen LogP contribution in [0.2, 0.25) is 0 Å². The van der Waals surface area contributed by atoms with Crippen molar-refractivity contribution < 1.29 is 28.7 Å². The Balaban J connectivity index is 1.86. The Morgan fingerprint density at radius 2 is 1.71 bits per heavy atom. The molecule has 0 radical (unpaired) electrons. The Morgan fingerprint density at radius 3 is 2.31 bits per heavy atom. The van der Waals surface area contributed by atoms with Gasteiger partial charge in [-0.25, -0.2) is 9.59 Å². The average Bonchev–Trinajstić information content (AvgIpc) is 3.33. The van der Waals surface area contributed by atoms with Gasteiger partial charge in [0.25, 0.3) is 0 Å². The molecular formula is C30H40N6O6. The third-order valence-corrected chi connectivity index (χ3v) is 6.91. The normalized spacial score (nSPS) is 18.4. The summed E-state index contributed by atoms with van der Waals surface area (Å²) in [5.74, 6) is -1.77. The number of nitrogens with zero attached hydrogens (tertiary/aromatic N) is 4. The Kier molecular flexibility index (Phi) is 10.1. The van der Waals surface area contributed by atoms with Gasteiger partial charge in [-0.1, -0.05) is 68.4 Å². The van der Waals surface area contributed by atoms with E-state index < -0.39 is 59.1 Å². The Morgan fingerprint density at radius 1 is 1.05 bits per heavy atom. The number of ether oxygens (including phenoxy) is 2. The molecule has 0 unspecified atom stereocenters. The summed E-state index contributed by atoms with van der Waals surface area (Å²) >= 11 is 0. The van der Waals surface area contributed by atoms with Crippen molar-refractivity contribution in [3.63, 3.8) is 0 Å². The summed E-state index contributed by atoms with van der Waals surface area (Å²) in [5.41, 5.74) is 8.32. The van der Waals surface area contributed by atoms with Crippen molar-refractivity contribution in [2.75, 3.05) is 13.7 Å². The Labute approximate surface area is 245 Å². The van der Waals surface area contributed by atoms with Crippen LogP contribution in [0, 0.1) is 5.41 Å². The minimum Gasteiger partial charge on any atom is -0.467 e. The number of hydrogen-bond donors (Lipinski definition) is 2. The topological polar surface area (TPSA) is 163 Å². The fourth-order valence-corrected chi connectivity index (χ4v) is 4.91. The number of carbonyl (C=O) groups is 4. The number of carbonyl (C=O) groups excluding carboxylic acids is 4. The van der Waals surface area contributed by atoms with Crippen molar-refractivity contribution in [2.45, 2.75) is 84.2 Å².